The molecule has 12 heavy (non-hydrogen) atoms. The van der Waals surface area contributed by atoms with E-state index in [1.54, 1.807) is 6.92 Å². The monoisotopic (exact) mass is 194 g/mol. The fourth-order valence-electron chi connectivity index (χ4n) is 0.943. The fraction of sp³-hybridized carbons (Fsp3) is 1.00. The third-order valence-electron chi connectivity index (χ3n) is 1.80. The molecule has 0 saturated heterocycles. The van der Waals surface area contributed by atoms with Crippen LogP contribution in [0.25, 0.3) is 0 Å². The smallest absolute Gasteiger partial charge is 0.176 e. The number of sulfone groups is 1. The van der Waals surface area contributed by atoms with Crippen molar-refractivity contribution in [1.82, 2.24) is 0 Å². The van der Waals surface area contributed by atoms with Crippen LogP contribution < -0.4 is 0 Å². The van der Waals surface area contributed by atoms with Gasteiger partial charge >= 0.3 is 0 Å². The van der Waals surface area contributed by atoms with Gasteiger partial charge in [0.15, 0.2) is 15.3 Å². The average Bonchev–Trinajstić information content (AvgIpc) is 2.03. The van der Waals surface area contributed by atoms with Crippen molar-refractivity contribution < 1.29 is 13.5 Å². The summed E-state index contributed by atoms with van der Waals surface area (Å²) >= 11 is 0. The number of hydrogen-bond donors (Lipinski definition) is 1. The highest BCUT2D eigenvalue weighted by Crippen LogP contribution is 2.07. The molecular weight excluding hydrogens is 176 g/mol. The second-order valence-electron chi connectivity index (χ2n) is 2.94. The van der Waals surface area contributed by atoms with Gasteiger partial charge in [-0.3, -0.25) is 0 Å². The molecule has 0 aromatic carbocycles. The van der Waals surface area contributed by atoms with E-state index in [9.17, 15) is 8.42 Å². The molecule has 4 heteroatoms. The van der Waals surface area contributed by atoms with Gasteiger partial charge in [0.2, 0.25) is 0 Å². The predicted octanol–water partition coefficient (Wildman–Crippen LogP) is 1.32. The average molecular weight is 194 g/mol. The maximum atomic E-state index is 11.2. The predicted molar refractivity (Wildman–Crippen MR) is 49.6 cm³/mol. The largest absolute Gasteiger partial charge is 0.377 e. The fourth-order valence-corrected chi connectivity index (χ4v) is 2.33. The molecule has 0 aliphatic heterocycles. The molecule has 3 nitrogen and oxygen atoms in total. The quantitative estimate of drug-likeness (QED) is 0.649. The Hall–Kier alpha value is -0.0900. The van der Waals surface area contributed by atoms with Crippen LogP contribution in [0.4, 0.5) is 0 Å². The van der Waals surface area contributed by atoms with Crippen molar-refractivity contribution in [3.05, 3.63) is 0 Å². The first-order valence-corrected chi connectivity index (χ1v) is 6.15. The molecule has 0 aliphatic carbocycles. The van der Waals surface area contributed by atoms with Crippen molar-refractivity contribution in [2.45, 2.75) is 45.0 Å². The number of aliphatic hydroxyl groups is 1. The lowest BCUT2D eigenvalue weighted by atomic mass is 10.3. The molecule has 0 aromatic rings. The van der Waals surface area contributed by atoms with Gasteiger partial charge < -0.3 is 5.11 Å². The lowest BCUT2D eigenvalue weighted by Gasteiger charge is -2.08. The van der Waals surface area contributed by atoms with Gasteiger partial charge in [-0.2, -0.15) is 0 Å². The molecule has 74 valence electrons. The van der Waals surface area contributed by atoms with Gasteiger partial charge in [0.25, 0.3) is 0 Å². The second-order valence-corrected chi connectivity index (χ2v) is 5.22. The van der Waals surface area contributed by atoms with Crippen molar-refractivity contribution >= 4 is 9.84 Å². The Balaban J connectivity index is 3.88. The van der Waals surface area contributed by atoms with Crippen LogP contribution in [0.1, 0.15) is 39.5 Å². The standard InChI is InChI=1S/C8H18O3S/c1-3-5-6-7-12(10,11)8(9)4-2/h8-9H,3-7H2,1-2H3. The molecule has 0 aromatic heterocycles. The topological polar surface area (TPSA) is 54.4 Å². The van der Waals surface area contributed by atoms with Crippen molar-refractivity contribution in [3.8, 4) is 0 Å². The van der Waals surface area contributed by atoms with Crippen LogP contribution in [0.5, 0.6) is 0 Å². The third kappa shape index (κ3) is 4.07. The highest BCUT2D eigenvalue weighted by Gasteiger charge is 2.19. The van der Waals surface area contributed by atoms with Crippen molar-refractivity contribution in [3.63, 3.8) is 0 Å². The SMILES string of the molecule is CCCCCS(=O)(=O)C(O)CC. The van der Waals surface area contributed by atoms with Gasteiger partial charge in [0, 0.05) is 0 Å². The molecule has 0 fully saturated rings. The van der Waals surface area contributed by atoms with Crippen LogP contribution in [0.2, 0.25) is 0 Å². The minimum Gasteiger partial charge on any atom is -0.377 e. The van der Waals surface area contributed by atoms with Crippen LogP contribution in [0.15, 0.2) is 0 Å². The highest BCUT2D eigenvalue weighted by atomic mass is 32.2. The molecule has 0 spiro atoms. The van der Waals surface area contributed by atoms with Crippen LogP contribution in [-0.2, 0) is 9.84 Å². The van der Waals surface area contributed by atoms with E-state index >= 15 is 0 Å². The molecule has 1 unspecified atom stereocenters. The van der Waals surface area contributed by atoms with Crippen LogP contribution in [0.3, 0.4) is 0 Å². The first-order chi connectivity index (χ1) is 5.54. The van der Waals surface area contributed by atoms with E-state index in [0.29, 0.717) is 6.42 Å². The minimum atomic E-state index is -3.23. The number of aliphatic hydroxyl groups excluding tert-OH is 1. The van der Waals surface area contributed by atoms with E-state index in [-0.39, 0.29) is 12.2 Å². The summed E-state index contributed by atoms with van der Waals surface area (Å²) in [6.07, 6.45) is 2.86. The maximum absolute atomic E-state index is 11.2. The third-order valence-corrected chi connectivity index (χ3v) is 3.82. The first-order valence-electron chi connectivity index (χ1n) is 4.44. The Morgan fingerprint density at radius 1 is 1.25 bits per heavy atom. The summed E-state index contributed by atoms with van der Waals surface area (Å²) in [5, 5.41) is 9.10. The zero-order chi connectivity index (χ0) is 9.61. The van der Waals surface area contributed by atoms with Gasteiger partial charge in [-0.15, -0.1) is 0 Å². The summed E-state index contributed by atoms with van der Waals surface area (Å²) in [4.78, 5) is 0. The molecule has 0 radical (unpaired) electrons. The zero-order valence-electron chi connectivity index (χ0n) is 7.78. The van der Waals surface area contributed by atoms with Crippen LogP contribution in [-0.4, -0.2) is 24.7 Å². The summed E-state index contributed by atoms with van der Waals surface area (Å²) in [5.41, 5.74) is -1.16. The second kappa shape index (κ2) is 5.54. The lowest BCUT2D eigenvalue weighted by Crippen LogP contribution is -2.22. The lowest BCUT2D eigenvalue weighted by molar-refractivity contribution is 0.244. The van der Waals surface area contributed by atoms with Gasteiger partial charge in [0.05, 0.1) is 5.75 Å². The summed E-state index contributed by atoms with van der Waals surface area (Å²) in [5.74, 6) is 0.121. The molecule has 0 saturated carbocycles. The minimum absolute atomic E-state index is 0.121. The van der Waals surface area contributed by atoms with Crippen molar-refractivity contribution in [1.29, 1.82) is 0 Å². The van der Waals surface area contributed by atoms with Crippen molar-refractivity contribution in [2.75, 3.05) is 5.75 Å². The van der Waals surface area contributed by atoms with Crippen LogP contribution in [0, 0.1) is 0 Å². The summed E-state index contributed by atoms with van der Waals surface area (Å²) < 4.78 is 22.4. The molecule has 1 atom stereocenters. The Morgan fingerprint density at radius 2 is 1.83 bits per heavy atom. The van der Waals surface area contributed by atoms with E-state index in [2.05, 4.69) is 0 Å². The molecule has 0 aliphatic rings. The molecular formula is C8H18O3S. The van der Waals surface area contributed by atoms with Gasteiger partial charge in [0.1, 0.15) is 0 Å². The van der Waals surface area contributed by atoms with Crippen LogP contribution >= 0.6 is 0 Å². The Kier molecular flexibility index (Phi) is 5.50. The van der Waals surface area contributed by atoms with Crippen molar-refractivity contribution in [2.24, 2.45) is 0 Å². The molecule has 0 heterocycles. The normalized spacial score (nSPS) is 14.6. The van der Waals surface area contributed by atoms with E-state index in [1.165, 1.54) is 0 Å². The van der Waals surface area contributed by atoms with Gasteiger partial charge in [-0.05, 0) is 12.8 Å². The molecule has 0 amide bonds. The highest BCUT2D eigenvalue weighted by molar-refractivity contribution is 7.91. The Labute approximate surface area is 74.7 Å². The zero-order valence-corrected chi connectivity index (χ0v) is 8.60. The van der Waals surface area contributed by atoms with Gasteiger partial charge in [-0.1, -0.05) is 26.7 Å². The summed E-state index contributed by atoms with van der Waals surface area (Å²) in [7, 11) is -3.23. The van der Waals surface area contributed by atoms with Gasteiger partial charge in [-0.25, -0.2) is 8.42 Å². The summed E-state index contributed by atoms with van der Waals surface area (Å²) in [6, 6.07) is 0. The first kappa shape index (κ1) is 11.9. The number of hydrogen-bond acceptors (Lipinski definition) is 3. The van der Waals surface area contributed by atoms with E-state index in [1.807, 2.05) is 6.92 Å². The number of unbranched alkanes of at least 4 members (excludes halogenated alkanes) is 2. The maximum Gasteiger partial charge on any atom is 0.176 e. The molecule has 0 rings (SSSR count). The summed E-state index contributed by atoms with van der Waals surface area (Å²) in [6.45, 7) is 3.69. The van der Waals surface area contributed by atoms with E-state index in [4.69, 9.17) is 5.11 Å². The van der Waals surface area contributed by atoms with E-state index < -0.39 is 15.3 Å². The molecule has 0 bridgehead atoms. The number of rotatable bonds is 6. The Morgan fingerprint density at radius 3 is 2.25 bits per heavy atom. The Bertz CT molecular complexity index is 196. The van der Waals surface area contributed by atoms with E-state index in [0.717, 1.165) is 12.8 Å². The molecule has 1 N–H and O–H groups in total.